The summed E-state index contributed by atoms with van der Waals surface area (Å²) >= 11 is 0. The number of anilines is 2. The Balaban J connectivity index is 2.24. The zero-order valence-corrected chi connectivity index (χ0v) is 10.9. The second-order valence-electron chi connectivity index (χ2n) is 4.41. The van der Waals surface area contributed by atoms with Crippen LogP contribution in [0.1, 0.15) is 16.7 Å². The second-order valence-corrected chi connectivity index (χ2v) is 4.41. The van der Waals surface area contributed by atoms with Crippen molar-refractivity contribution in [3.63, 3.8) is 0 Å². The fraction of sp³-hybridized carbons (Fsp3) is 0.133. The number of hydrogen-bond acceptors (Lipinski definition) is 3. The molecule has 3 N–H and O–H groups in total. The van der Waals surface area contributed by atoms with E-state index in [1.807, 2.05) is 13.0 Å². The number of halogens is 2. The third-order valence-electron chi connectivity index (χ3n) is 3.11. The first-order chi connectivity index (χ1) is 9.52. The van der Waals surface area contributed by atoms with Crippen LogP contribution in [0.3, 0.4) is 0 Å². The number of nitrogens with two attached hydrogens (primary N) is 1. The zero-order valence-electron chi connectivity index (χ0n) is 10.9. The fourth-order valence-electron chi connectivity index (χ4n) is 1.89. The number of hydrogen-bond donors (Lipinski definition) is 2. The molecule has 0 bridgehead atoms. The van der Waals surface area contributed by atoms with Crippen molar-refractivity contribution >= 4 is 11.4 Å². The average molecular weight is 273 g/mol. The standard InChI is InChI=1S/C15H13F2N3/c1-9-11(3-2-4-14(9)19)8-20-15-12(16)5-10(7-18)6-13(15)17/h2-6,20H,8,19H2,1H3. The molecule has 3 nitrogen and oxygen atoms in total. The number of rotatable bonds is 3. The van der Waals surface area contributed by atoms with E-state index in [9.17, 15) is 8.78 Å². The Labute approximate surface area is 115 Å². The fourth-order valence-corrected chi connectivity index (χ4v) is 1.89. The van der Waals surface area contributed by atoms with Crippen LogP contribution in [0.5, 0.6) is 0 Å². The molecule has 2 rings (SSSR count). The van der Waals surface area contributed by atoms with Crippen molar-refractivity contribution in [2.45, 2.75) is 13.5 Å². The third kappa shape index (κ3) is 2.69. The number of nitrogens with zero attached hydrogens (tertiary/aromatic N) is 1. The van der Waals surface area contributed by atoms with Crippen LogP contribution in [0.25, 0.3) is 0 Å². The van der Waals surface area contributed by atoms with Gasteiger partial charge in [0.15, 0.2) is 11.6 Å². The van der Waals surface area contributed by atoms with Gasteiger partial charge >= 0.3 is 0 Å². The first-order valence-corrected chi connectivity index (χ1v) is 6.00. The summed E-state index contributed by atoms with van der Waals surface area (Å²) in [6.07, 6.45) is 0. The minimum atomic E-state index is -0.789. The molecule has 2 aromatic rings. The lowest BCUT2D eigenvalue weighted by Gasteiger charge is -2.12. The van der Waals surface area contributed by atoms with Gasteiger partial charge in [0.2, 0.25) is 0 Å². The van der Waals surface area contributed by atoms with Gasteiger partial charge in [-0.25, -0.2) is 8.78 Å². The van der Waals surface area contributed by atoms with Crippen LogP contribution in [0, 0.1) is 29.9 Å². The van der Waals surface area contributed by atoms with Gasteiger partial charge in [0.25, 0.3) is 0 Å². The van der Waals surface area contributed by atoms with E-state index in [0.717, 1.165) is 23.3 Å². The van der Waals surface area contributed by atoms with Gasteiger partial charge in [-0.2, -0.15) is 5.26 Å². The summed E-state index contributed by atoms with van der Waals surface area (Å²) in [5, 5.41) is 11.3. The van der Waals surface area contributed by atoms with Crippen LogP contribution >= 0.6 is 0 Å². The number of benzene rings is 2. The van der Waals surface area contributed by atoms with Crippen LogP contribution in [-0.2, 0) is 6.54 Å². The molecule has 0 aliphatic carbocycles. The minimum Gasteiger partial charge on any atom is -0.399 e. The summed E-state index contributed by atoms with van der Waals surface area (Å²) in [7, 11) is 0. The van der Waals surface area contributed by atoms with Crippen LogP contribution in [0.4, 0.5) is 20.2 Å². The number of nitriles is 1. The lowest BCUT2D eigenvalue weighted by molar-refractivity contribution is 0.587. The molecule has 0 unspecified atom stereocenters. The molecule has 0 saturated heterocycles. The molecule has 0 amide bonds. The molecular weight excluding hydrogens is 260 g/mol. The van der Waals surface area contributed by atoms with Crippen molar-refractivity contribution in [2.24, 2.45) is 0 Å². The summed E-state index contributed by atoms with van der Waals surface area (Å²) in [4.78, 5) is 0. The molecular formula is C15H13F2N3. The first-order valence-electron chi connectivity index (χ1n) is 6.00. The smallest absolute Gasteiger partial charge is 0.150 e. The molecule has 0 aromatic heterocycles. The highest BCUT2D eigenvalue weighted by atomic mass is 19.1. The Morgan fingerprint density at radius 3 is 2.50 bits per heavy atom. The molecule has 5 heteroatoms. The molecule has 0 atom stereocenters. The first kappa shape index (κ1) is 13.8. The molecule has 0 spiro atoms. The van der Waals surface area contributed by atoms with E-state index >= 15 is 0 Å². The van der Waals surface area contributed by atoms with Crippen molar-refractivity contribution in [1.29, 1.82) is 5.26 Å². The SMILES string of the molecule is Cc1c(N)cccc1CNc1c(F)cc(C#N)cc1F. The summed E-state index contributed by atoms with van der Waals surface area (Å²) < 4.78 is 27.4. The van der Waals surface area contributed by atoms with Gasteiger partial charge < -0.3 is 11.1 Å². The maximum atomic E-state index is 13.7. The quantitative estimate of drug-likeness (QED) is 0.843. The molecule has 20 heavy (non-hydrogen) atoms. The van der Waals surface area contributed by atoms with E-state index in [4.69, 9.17) is 11.0 Å². The second kappa shape index (κ2) is 5.57. The van der Waals surface area contributed by atoms with Crippen LogP contribution < -0.4 is 11.1 Å². The lowest BCUT2D eigenvalue weighted by atomic mass is 10.1. The Hall–Kier alpha value is -2.61. The highest BCUT2D eigenvalue weighted by molar-refractivity contribution is 5.53. The molecule has 2 aromatic carbocycles. The van der Waals surface area contributed by atoms with Crippen molar-refractivity contribution in [1.82, 2.24) is 0 Å². The molecule has 102 valence electrons. The van der Waals surface area contributed by atoms with Crippen molar-refractivity contribution in [2.75, 3.05) is 11.1 Å². The largest absolute Gasteiger partial charge is 0.399 e. The molecule has 0 fully saturated rings. The lowest BCUT2D eigenvalue weighted by Crippen LogP contribution is -2.06. The summed E-state index contributed by atoms with van der Waals surface area (Å²) in [5.74, 6) is -1.58. The van der Waals surface area contributed by atoms with Gasteiger partial charge in [-0.1, -0.05) is 12.1 Å². The molecule has 0 heterocycles. The predicted molar refractivity (Wildman–Crippen MR) is 74.0 cm³/mol. The van der Waals surface area contributed by atoms with Crippen LogP contribution in [0.2, 0.25) is 0 Å². The Morgan fingerprint density at radius 2 is 1.90 bits per heavy atom. The Morgan fingerprint density at radius 1 is 1.25 bits per heavy atom. The van der Waals surface area contributed by atoms with Crippen LogP contribution in [0.15, 0.2) is 30.3 Å². The summed E-state index contributed by atoms with van der Waals surface area (Å²) in [5.41, 5.74) is 7.83. The van der Waals surface area contributed by atoms with Gasteiger partial charge in [0.05, 0.1) is 11.6 Å². The van der Waals surface area contributed by atoms with Crippen molar-refractivity contribution in [3.8, 4) is 6.07 Å². The molecule has 0 aliphatic heterocycles. The zero-order chi connectivity index (χ0) is 14.7. The van der Waals surface area contributed by atoms with Crippen LogP contribution in [-0.4, -0.2) is 0 Å². The minimum absolute atomic E-state index is 0.0503. The number of nitrogen functional groups attached to an aromatic ring is 1. The van der Waals surface area contributed by atoms with Gasteiger partial charge in [-0.3, -0.25) is 0 Å². The highest BCUT2D eigenvalue weighted by Crippen LogP contribution is 2.22. The normalized spacial score (nSPS) is 10.1. The van der Waals surface area contributed by atoms with E-state index < -0.39 is 11.6 Å². The maximum absolute atomic E-state index is 13.7. The topological polar surface area (TPSA) is 61.8 Å². The van der Waals surface area contributed by atoms with Crippen molar-refractivity contribution < 1.29 is 8.78 Å². The van der Waals surface area contributed by atoms with E-state index in [2.05, 4.69) is 5.32 Å². The number of nitrogens with one attached hydrogen (secondary N) is 1. The predicted octanol–water partition coefficient (Wildman–Crippen LogP) is 3.34. The third-order valence-corrected chi connectivity index (χ3v) is 3.11. The van der Waals surface area contributed by atoms with Gasteiger partial charge in [-0.05, 0) is 36.2 Å². The van der Waals surface area contributed by atoms with E-state index in [0.29, 0.717) is 5.69 Å². The van der Waals surface area contributed by atoms with E-state index in [1.165, 1.54) is 0 Å². The van der Waals surface area contributed by atoms with Crippen molar-refractivity contribution in [3.05, 3.63) is 58.7 Å². The maximum Gasteiger partial charge on any atom is 0.150 e. The highest BCUT2D eigenvalue weighted by Gasteiger charge is 2.11. The van der Waals surface area contributed by atoms with Gasteiger partial charge in [0.1, 0.15) is 5.69 Å². The van der Waals surface area contributed by atoms with Gasteiger partial charge in [-0.15, -0.1) is 0 Å². The average Bonchev–Trinajstić information content (AvgIpc) is 2.42. The molecule has 0 radical (unpaired) electrons. The van der Waals surface area contributed by atoms with E-state index in [1.54, 1.807) is 18.2 Å². The Kier molecular flexibility index (Phi) is 3.85. The summed E-state index contributed by atoms with van der Waals surface area (Å²) in [6, 6.07) is 9.08. The molecule has 0 saturated carbocycles. The summed E-state index contributed by atoms with van der Waals surface area (Å²) in [6.45, 7) is 2.09. The monoisotopic (exact) mass is 273 g/mol. The Bertz CT molecular complexity index is 667. The molecule has 0 aliphatic rings. The van der Waals surface area contributed by atoms with E-state index in [-0.39, 0.29) is 17.8 Å². The van der Waals surface area contributed by atoms with Gasteiger partial charge in [0, 0.05) is 12.2 Å².